The summed E-state index contributed by atoms with van der Waals surface area (Å²) in [6.07, 6.45) is 1.70. The van der Waals surface area contributed by atoms with Crippen LogP contribution in [0.3, 0.4) is 0 Å². The molecule has 0 spiro atoms. The zero-order valence-corrected chi connectivity index (χ0v) is 14.7. The van der Waals surface area contributed by atoms with E-state index in [2.05, 4.69) is 0 Å². The second-order valence-electron chi connectivity index (χ2n) is 6.90. The Bertz CT molecular complexity index is 791. The molecule has 2 aromatic carbocycles. The minimum Gasteiger partial charge on any atom is -0.496 e. The summed E-state index contributed by atoms with van der Waals surface area (Å²) in [5.74, 6) is 0.946. The molecule has 0 N–H and O–H groups in total. The molecule has 2 aromatic rings. The average Bonchev–Trinajstić information content (AvgIpc) is 3.40. The van der Waals surface area contributed by atoms with E-state index in [1.807, 2.05) is 30.3 Å². The summed E-state index contributed by atoms with van der Waals surface area (Å²) in [6, 6.07) is 14.6. The van der Waals surface area contributed by atoms with Gasteiger partial charge in [-0.3, -0.25) is 4.79 Å². The number of methoxy groups -OCH3 is 1. The summed E-state index contributed by atoms with van der Waals surface area (Å²) in [4.78, 5) is 14.8. The van der Waals surface area contributed by atoms with Crippen molar-refractivity contribution in [1.82, 2.24) is 4.90 Å². The fourth-order valence-corrected chi connectivity index (χ4v) is 3.45. The molecule has 4 rings (SSSR count). The van der Waals surface area contributed by atoms with E-state index in [1.54, 1.807) is 23.1 Å². The number of nitrogens with zero attached hydrogens (tertiary/aromatic N) is 1. The third kappa shape index (κ3) is 3.39. The third-order valence-corrected chi connectivity index (χ3v) is 4.93. The molecule has 1 amide bonds. The number of carbonyl (C=O) groups excluding carboxylic acids is 1. The topological polar surface area (TPSA) is 38.8 Å². The monoisotopic (exact) mass is 355 g/mol. The Morgan fingerprint density at radius 2 is 1.92 bits per heavy atom. The Balaban J connectivity index is 1.61. The predicted octanol–water partition coefficient (Wildman–Crippen LogP) is 4.16. The molecule has 5 heteroatoms. The number of ether oxygens (including phenoxy) is 2. The van der Waals surface area contributed by atoms with Crippen LogP contribution in [0.4, 0.5) is 4.39 Å². The molecule has 2 fully saturated rings. The molecule has 0 bridgehead atoms. The third-order valence-electron chi connectivity index (χ3n) is 4.93. The molecule has 2 unspecified atom stereocenters. The first-order valence-corrected chi connectivity index (χ1v) is 9.00. The molecule has 4 nitrogen and oxygen atoms in total. The quantitative estimate of drug-likeness (QED) is 0.808. The highest BCUT2D eigenvalue weighted by molar-refractivity contribution is 5.97. The molecule has 2 aliphatic rings. The van der Waals surface area contributed by atoms with Gasteiger partial charge < -0.3 is 14.4 Å². The second-order valence-corrected chi connectivity index (χ2v) is 6.90. The largest absolute Gasteiger partial charge is 0.496 e. The van der Waals surface area contributed by atoms with Crippen molar-refractivity contribution in [2.75, 3.05) is 13.7 Å². The Labute approximate surface area is 152 Å². The van der Waals surface area contributed by atoms with Gasteiger partial charge in [-0.15, -0.1) is 0 Å². The van der Waals surface area contributed by atoms with Crippen LogP contribution >= 0.6 is 0 Å². The van der Waals surface area contributed by atoms with Crippen LogP contribution in [0.5, 0.6) is 11.5 Å². The maximum atomic E-state index is 14.1. The highest BCUT2D eigenvalue weighted by Gasteiger charge is 2.37. The van der Waals surface area contributed by atoms with Crippen molar-refractivity contribution in [2.24, 2.45) is 0 Å². The first kappa shape index (κ1) is 16.9. The van der Waals surface area contributed by atoms with Gasteiger partial charge in [0.2, 0.25) is 0 Å². The van der Waals surface area contributed by atoms with E-state index < -0.39 is 6.17 Å². The molecule has 1 aliphatic heterocycles. The number of rotatable bonds is 5. The van der Waals surface area contributed by atoms with Gasteiger partial charge in [-0.2, -0.15) is 0 Å². The lowest BCUT2D eigenvalue weighted by atomic mass is 10.0. The summed E-state index contributed by atoms with van der Waals surface area (Å²) in [7, 11) is 1.53. The van der Waals surface area contributed by atoms with Gasteiger partial charge in [0.15, 0.2) is 0 Å². The van der Waals surface area contributed by atoms with Crippen molar-refractivity contribution in [3.63, 3.8) is 0 Å². The van der Waals surface area contributed by atoms with E-state index in [9.17, 15) is 9.18 Å². The summed E-state index contributed by atoms with van der Waals surface area (Å²) in [6.45, 7) is 0.0991. The first-order chi connectivity index (χ1) is 12.7. The van der Waals surface area contributed by atoms with Gasteiger partial charge in [-0.1, -0.05) is 30.3 Å². The predicted molar refractivity (Wildman–Crippen MR) is 96.4 cm³/mol. The zero-order chi connectivity index (χ0) is 18.1. The van der Waals surface area contributed by atoms with Crippen molar-refractivity contribution < 1.29 is 18.7 Å². The number of alkyl halides is 1. The Kier molecular flexibility index (Phi) is 4.53. The fraction of sp³-hybridized carbons (Fsp3) is 0.381. The van der Waals surface area contributed by atoms with Crippen LogP contribution in [0.15, 0.2) is 48.5 Å². The number of hydrogen-bond donors (Lipinski definition) is 0. The molecule has 26 heavy (non-hydrogen) atoms. The van der Waals surface area contributed by atoms with Crippen LogP contribution in [-0.2, 0) is 0 Å². The highest BCUT2D eigenvalue weighted by Crippen LogP contribution is 2.37. The molecule has 1 saturated heterocycles. The SMILES string of the molecule is COc1cc(OC2CC2)ccc1C(=O)N1CC(F)CC1c1ccccc1. The Morgan fingerprint density at radius 1 is 1.15 bits per heavy atom. The van der Waals surface area contributed by atoms with Crippen LogP contribution in [0.25, 0.3) is 0 Å². The van der Waals surface area contributed by atoms with Gasteiger partial charge in [-0.05, 0) is 30.5 Å². The molecule has 1 heterocycles. The maximum absolute atomic E-state index is 14.1. The fourth-order valence-electron chi connectivity index (χ4n) is 3.45. The van der Waals surface area contributed by atoms with Crippen LogP contribution in [-0.4, -0.2) is 36.7 Å². The number of carbonyl (C=O) groups is 1. The summed E-state index contributed by atoms with van der Waals surface area (Å²) in [5, 5.41) is 0. The van der Waals surface area contributed by atoms with Gasteiger partial charge in [0.05, 0.1) is 31.4 Å². The van der Waals surface area contributed by atoms with Crippen molar-refractivity contribution in [3.8, 4) is 11.5 Å². The normalized spacial score (nSPS) is 22.3. The van der Waals surface area contributed by atoms with E-state index in [1.165, 1.54) is 7.11 Å². The van der Waals surface area contributed by atoms with Gasteiger partial charge >= 0.3 is 0 Å². The molecule has 1 aliphatic carbocycles. The van der Waals surface area contributed by atoms with Gasteiger partial charge in [0.1, 0.15) is 17.7 Å². The molecule has 2 atom stereocenters. The van der Waals surface area contributed by atoms with Crippen LogP contribution < -0.4 is 9.47 Å². The van der Waals surface area contributed by atoms with Crippen molar-refractivity contribution in [2.45, 2.75) is 37.6 Å². The van der Waals surface area contributed by atoms with Gasteiger partial charge in [-0.25, -0.2) is 4.39 Å². The van der Waals surface area contributed by atoms with Crippen molar-refractivity contribution in [1.29, 1.82) is 0 Å². The smallest absolute Gasteiger partial charge is 0.258 e. The molecule has 136 valence electrons. The summed E-state index contributed by atoms with van der Waals surface area (Å²) < 4.78 is 25.3. The van der Waals surface area contributed by atoms with E-state index in [0.29, 0.717) is 23.5 Å². The molecule has 0 radical (unpaired) electrons. The Hall–Kier alpha value is -2.56. The first-order valence-electron chi connectivity index (χ1n) is 9.00. The van der Waals surface area contributed by atoms with Crippen LogP contribution in [0, 0.1) is 0 Å². The second kappa shape index (κ2) is 6.98. The van der Waals surface area contributed by atoms with E-state index >= 15 is 0 Å². The Morgan fingerprint density at radius 3 is 2.62 bits per heavy atom. The van der Waals surface area contributed by atoms with Crippen LogP contribution in [0.1, 0.15) is 41.2 Å². The summed E-state index contributed by atoms with van der Waals surface area (Å²) in [5.41, 5.74) is 1.39. The number of benzene rings is 2. The van der Waals surface area contributed by atoms with Gasteiger partial charge in [0, 0.05) is 12.5 Å². The molecular formula is C21H22FNO3. The lowest BCUT2D eigenvalue weighted by Crippen LogP contribution is -2.31. The van der Waals surface area contributed by atoms with Crippen LogP contribution in [0.2, 0.25) is 0 Å². The molecule has 0 aromatic heterocycles. The van der Waals surface area contributed by atoms with E-state index in [0.717, 1.165) is 18.4 Å². The lowest BCUT2D eigenvalue weighted by molar-refractivity contribution is 0.0725. The maximum Gasteiger partial charge on any atom is 0.258 e. The number of halogens is 1. The minimum absolute atomic E-state index is 0.0991. The highest BCUT2D eigenvalue weighted by atomic mass is 19.1. The zero-order valence-electron chi connectivity index (χ0n) is 14.7. The molecular weight excluding hydrogens is 333 g/mol. The van der Waals surface area contributed by atoms with Crippen molar-refractivity contribution >= 4 is 5.91 Å². The lowest BCUT2D eigenvalue weighted by Gasteiger charge is -2.25. The summed E-state index contributed by atoms with van der Waals surface area (Å²) >= 11 is 0. The number of amides is 1. The van der Waals surface area contributed by atoms with E-state index in [4.69, 9.17) is 9.47 Å². The average molecular weight is 355 g/mol. The number of hydrogen-bond acceptors (Lipinski definition) is 3. The van der Waals surface area contributed by atoms with E-state index in [-0.39, 0.29) is 24.6 Å². The standard InChI is InChI=1S/C21H22FNO3/c1-25-20-12-17(26-16-7-8-16)9-10-18(20)21(24)23-13-15(22)11-19(23)14-5-3-2-4-6-14/h2-6,9-10,12,15-16,19H,7-8,11,13H2,1H3. The van der Waals surface area contributed by atoms with Crippen molar-refractivity contribution in [3.05, 3.63) is 59.7 Å². The molecule has 1 saturated carbocycles. The number of likely N-dealkylation sites (tertiary alicyclic amines) is 1. The minimum atomic E-state index is -1.02. The van der Waals surface area contributed by atoms with Gasteiger partial charge in [0.25, 0.3) is 5.91 Å².